The van der Waals surface area contributed by atoms with E-state index in [0.29, 0.717) is 12.2 Å². The summed E-state index contributed by atoms with van der Waals surface area (Å²) in [5.74, 6) is -1.32. The van der Waals surface area contributed by atoms with Crippen molar-refractivity contribution >= 4 is 17.5 Å². The van der Waals surface area contributed by atoms with E-state index in [4.69, 9.17) is 5.73 Å². The van der Waals surface area contributed by atoms with Gasteiger partial charge in [0.25, 0.3) is 0 Å². The van der Waals surface area contributed by atoms with Gasteiger partial charge in [0.2, 0.25) is 0 Å². The van der Waals surface area contributed by atoms with Gasteiger partial charge in [0.15, 0.2) is 0 Å². The lowest BCUT2D eigenvalue weighted by Gasteiger charge is -2.10. The molecule has 0 heterocycles. The number of benzene rings is 2. The van der Waals surface area contributed by atoms with E-state index in [1.807, 2.05) is 49.4 Å². The van der Waals surface area contributed by atoms with E-state index < -0.39 is 11.8 Å². The topological polar surface area (TPSA) is 84.2 Å². The van der Waals surface area contributed by atoms with Crippen LogP contribution in [0.15, 0.2) is 48.5 Å². The van der Waals surface area contributed by atoms with E-state index in [0.717, 1.165) is 23.1 Å². The fraction of sp³-hybridized carbons (Fsp3) is 0.222. The molecule has 0 atom stereocenters. The zero-order chi connectivity index (χ0) is 16.7. The third-order valence-electron chi connectivity index (χ3n) is 3.53. The zero-order valence-electron chi connectivity index (χ0n) is 13.1. The molecule has 4 N–H and O–H groups in total. The first-order valence-electron chi connectivity index (χ1n) is 7.59. The number of nitrogens with one attached hydrogen (secondary N) is 2. The highest BCUT2D eigenvalue weighted by Gasteiger charge is 2.14. The van der Waals surface area contributed by atoms with Crippen LogP contribution in [0, 0.1) is 0 Å². The van der Waals surface area contributed by atoms with Gasteiger partial charge in [-0.1, -0.05) is 49.4 Å². The molecule has 0 radical (unpaired) electrons. The van der Waals surface area contributed by atoms with E-state index in [9.17, 15) is 9.59 Å². The van der Waals surface area contributed by atoms with Crippen molar-refractivity contribution in [3.63, 3.8) is 0 Å². The number of para-hydroxylation sites is 1. The molecule has 2 amide bonds. The van der Waals surface area contributed by atoms with Crippen molar-refractivity contribution in [2.24, 2.45) is 5.73 Å². The van der Waals surface area contributed by atoms with Gasteiger partial charge in [-0.2, -0.15) is 0 Å². The third-order valence-corrected chi connectivity index (χ3v) is 3.53. The van der Waals surface area contributed by atoms with Gasteiger partial charge < -0.3 is 16.4 Å². The highest BCUT2D eigenvalue weighted by atomic mass is 16.2. The van der Waals surface area contributed by atoms with Gasteiger partial charge in [0, 0.05) is 18.8 Å². The summed E-state index contributed by atoms with van der Waals surface area (Å²) in [6, 6.07) is 15.0. The smallest absolute Gasteiger partial charge is 0.313 e. The van der Waals surface area contributed by atoms with Gasteiger partial charge in [0.1, 0.15) is 0 Å². The Labute approximate surface area is 135 Å². The molecule has 0 saturated heterocycles. The Morgan fingerprint density at radius 1 is 1.00 bits per heavy atom. The minimum Gasteiger partial charge on any atom is -0.344 e. The fourth-order valence-corrected chi connectivity index (χ4v) is 2.26. The third kappa shape index (κ3) is 4.66. The van der Waals surface area contributed by atoms with Crippen LogP contribution in [0.2, 0.25) is 0 Å². The summed E-state index contributed by atoms with van der Waals surface area (Å²) in [4.78, 5) is 23.9. The molecule has 0 aliphatic heterocycles. The Hall–Kier alpha value is -2.66. The molecule has 0 unspecified atom stereocenters. The SMILES string of the molecule is CCc1ccccc1NC(=O)C(=O)NCc1cccc(CN)c1. The number of aryl methyl sites for hydroxylation is 1. The molecule has 0 aromatic heterocycles. The van der Waals surface area contributed by atoms with Crippen molar-refractivity contribution in [2.45, 2.75) is 26.4 Å². The second kappa shape index (κ2) is 8.10. The Balaban J connectivity index is 1.93. The second-order valence-corrected chi connectivity index (χ2v) is 5.17. The molecular formula is C18H21N3O2. The average Bonchev–Trinajstić information content (AvgIpc) is 2.60. The summed E-state index contributed by atoms with van der Waals surface area (Å²) in [6.45, 7) is 2.72. The Kier molecular flexibility index (Phi) is 5.88. The highest BCUT2D eigenvalue weighted by molar-refractivity contribution is 6.39. The fourth-order valence-electron chi connectivity index (χ4n) is 2.26. The quantitative estimate of drug-likeness (QED) is 0.738. The van der Waals surface area contributed by atoms with E-state index in [-0.39, 0.29) is 6.54 Å². The highest BCUT2D eigenvalue weighted by Crippen LogP contribution is 2.15. The van der Waals surface area contributed by atoms with Gasteiger partial charge in [0.05, 0.1) is 0 Å². The summed E-state index contributed by atoms with van der Waals surface area (Å²) in [6.07, 6.45) is 0.782. The van der Waals surface area contributed by atoms with Crippen LogP contribution in [-0.2, 0) is 29.1 Å². The van der Waals surface area contributed by atoms with Crippen LogP contribution in [0.5, 0.6) is 0 Å². The average molecular weight is 311 g/mol. The number of carbonyl (C=O) groups is 2. The Morgan fingerprint density at radius 2 is 1.74 bits per heavy atom. The molecule has 0 spiro atoms. The molecule has 5 nitrogen and oxygen atoms in total. The minimum atomic E-state index is -0.666. The lowest BCUT2D eigenvalue weighted by Crippen LogP contribution is -2.35. The van der Waals surface area contributed by atoms with Crippen LogP contribution in [0.4, 0.5) is 5.69 Å². The number of hydrogen-bond donors (Lipinski definition) is 3. The maximum atomic E-state index is 12.0. The van der Waals surface area contributed by atoms with Gasteiger partial charge in [-0.3, -0.25) is 9.59 Å². The van der Waals surface area contributed by atoms with Gasteiger partial charge in [-0.15, -0.1) is 0 Å². The van der Waals surface area contributed by atoms with Crippen LogP contribution in [0.25, 0.3) is 0 Å². The Morgan fingerprint density at radius 3 is 2.48 bits per heavy atom. The van der Waals surface area contributed by atoms with E-state index >= 15 is 0 Å². The molecule has 0 fully saturated rings. The van der Waals surface area contributed by atoms with Gasteiger partial charge >= 0.3 is 11.8 Å². The van der Waals surface area contributed by atoms with Gasteiger partial charge in [-0.05, 0) is 29.2 Å². The molecule has 5 heteroatoms. The molecule has 120 valence electrons. The largest absolute Gasteiger partial charge is 0.344 e. The predicted octanol–water partition coefficient (Wildman–Crippen LogP) is 1.96. The monoisotopic (exact) mass is 311 g/mol. The van der Waals surface area contributed by atoms with E-state index in [1.165, 1.54) is 0 Å². The normalized spacial score (nSPS) is 10.2. The lowest BCUT2D eigenvalue weighted by molar-refractivity contribution is -0.136. The van der Waals surface area contributed by atoms with E-state index in [1.54, 1.807) is 6.07 Å². The summed E-state index contributed by atoms with van der Waals surface area (Å²) in [7, 11) is 0. The van der Waals surface area contributed by atoms with Crippen molar-refractivity contribution in [1.82, 2.24) is 5.32 Å². The first-order valence-corrected chi connectivity index (χ1v) is 7.59. The van der Waals surface area contributed by atoms with Crippen molar-refractivity contribution < 1.29 is 9.59 Å². The van der Waals surface area contributed by atoms with E-state index in [2.05, 4.69) is 10.6 Å². The van der Waals surface area contributed by atoms with Crippen molar-refractivity contribution in [3.05, 3.63) is 65.2 Å². The van der Waals surface area contributed by atoms with Crippen LogP contribution in [0.1, 0.15) is 23.6 Å². The number of nitrogens with two attached hydrogens (primary N) is 1. The molecule has 0 saturated carbocycles. The lowest BCUT2D eigenvalue weighted by atomic mass is 10.1. The summed E-state index contributed by atoms with van der Waals surface area (Å²) < 4.78 is 0. The van der Waals surface area contributed by atoms with Crippen LogP contribution in [-0.4, -0.2) is 11.8 Å². The van der Waals surface area contributed by atoms with Crippen LogP contribution in [0.3, 0.4) is 0 Å². The predicted molar refractivity (Wildman–Crippen MR) is 90.6 cm³/mol. The first kappa shape index (κ1) is 16.7. The first-order chi connectivity index (χ1) is 11.1. The molecule has 2 aromatic rings. The maximum absolute atomic E-state index is 12.0. The Bertz CT molecular complexity index is 698. The number of anilines is 1. The molecule has 0 aliphatic carbocycles. The zero-order valence-corrected chi connectivity index (χ0v) is 13.1. The summed E-state index contributed by atoms with van der Waals surface area (Å²) in [5, 5.41) is 5.27. The molecule has 0 aliphatic rings. The summed E-state index contributed by atoms with van der Waals surface area (Å²) in [5.41, 5.74) is 9.13. The number of amides is 2. The molecule has 2 aromatic carbocycles. The van der Waals surface area contributed by atoms with Gasteiger partial charge in [-0.25, -0.2) is 0 Å². The second-order valence-electron chi connectivity index (χ2n) is 5.17. The van der Waals surface area contributed by atoms with Crippen molar-refractivity contribution in [1.29, 1.82) is 0 Å². The minimum absolute atomic E-state index is 0.287. The van der Waals surface area contributed by atoms with Crippen LogP contribution < -0.4 is 16.4 Å². The molecule has 23 heavy (non-hydrogen) atoms. The number of hydrogen-bond acceptors (Lipinski definition) is 3. The maximum Gasteiger partial charge on any atom is 0.313 e. The van der Waals surface area contributed by atoms with Crippen molar-refractivity contribution in [3.8, 4) is 0 Å². The number of rotatable bonds is 5. The standard InChI is InChI=1S/C18H21N3O2/c1-2-15-8-3-4-9-16(15)21-18(23)17(22)20-12-14-7-5-6-13(10-14)11-19/h3-10H,2,11-12,19H2,1H3,(H,20,22)(H,21,23). The summed E-state index contributed by atoms with van der Waals surface area (Å²) >= 11 is 0. The van der Waals surface area contributed by atoms with Crippen LogP contribution >= 0.6 is 0 Å². The molecular weight excluding hydrogens is 290 g/mol. The molecule has 0 bridgehead atoms. The molecule has 2 rings (SSSR count). The number of carbonyl (C=O) groups excluding carboxylic acids is 2. The van der Waals surface area contributed by atoms with Crippen molar-refractivity contribution in [2.75, 3.05) is 5.32 Å².